The van der Waals surface area contributed by atoms with Gasteiger partial charge in [-0.15, -0.1) is 0 Å². The van der Waals surface area contributed by atoms with E-state index in [0.717, 1.165) is 6.07 Å². The van der Waals surface area contributed by atoms with Crippen molar-refractivity contribution in [1.82, 2.24) is 0 Å². The van der Waals surface area contributed by atoms with Gasteiger partial charge in [0.1, 0.15) is 18.3 Å². The molecule has 0 aliphatic heterocycles. The van der Waals surface area contributed by atoms with Gasteiger partial charge in [-0.25, -0.2) is 0 Å². The van der Waals surface area contributed by atoms with Crippen LogP contribution in [0.1, 0.15) is 17.0 Å². The molecule has 2 rings (SSSR count). The molecule has 0 bridgehead atoms. The molecule has 0 saturated carbocycles. The number of ether oxygens (including phenoxy) is 1. The SMILES string of the molecule is O=C(O)C(COc1ccccc1C(F)(F)F)c1ccccc1. The predicted molar refractivity (Wildman–Crippen MR) is 73.8 cm³/mol. The second-order valence-electron chi connectivity index (χ2n) is 4.61. The zero-order valence-electron chi connectivity index (χ0n) is 11.4. The van der Waals surface area contributed by atoms with Crippen LogP contribution in [0.3, 0.4) is 0 Å². The molecule has 0 aromatic heterocycles. The zero-order chi connectivity index (χ0) is 16.2. The normalized spacial score (nSPS) is 12.7. The molecule has 0 radical (unpaired) electrons. The molecule has 0 spiro atoms. The third-order valence-electron chi connectivity index (χ3n) is 3.10. The van der Waals surface area contributed by atoms with E-state index in [1.165, 1.54) is 18.2 Å². The van der Waals surface area contributed by atoms with Crippen molar-refractivity contribution >= 4 is 5.97 Å². The Kier molecular flexibility index (Phi) is 4.70. The number of carboxylic acid groups (broad SMARTS) is 1. The Labute approximate surface area is 125 Å². The average molecular weight is 310 g/mol. The summed E-state index contributed by atoms with van der Waals surface area (Å²) in [4.78, 5) is 11.3. The van der Waals surface area contributed by atoms with Crippen molar-refractivity contribution in [3.8, 4) is 5.75 Å². The second-order valence-corrected chi connectivity index (χ2v) is 4.61. The van der Waals surface area contributed by atoms with Crippen LogP contribution in [0.15, 0.2) is 54.6 Å². The molecule has 0 aliphatic rings. The van der Waals surface area contributed by atoms with Crippen molar-refractivity contribution in [2.75, 3.05) is 6.61 Å². The quantitative estimate of drug-likeness (QED) is 0.909. The van der Waals surface area contributed by atoms with Gasteiger partial charge in [0.25, 0.3) is 0 Å². The fourth-order valence-electron chi connectivity index (χ4n) is 2.00. The molecule has 0 amide bonds. The average Bonchev–Trinajstić information content (AvgIpc) is 2.47. The Morgan fingerprint density at radius 3 is 2.23 bits per heavy atom. The topological polar surface area (TPSA) is 46.5 Å². The standard InChI is InChI=1S/C16H13F3O3/c17-16(18,19)13-8-4-5-9-14(13)22-10-12(15(20)21)11-6-2-1-3-7-11/h1-9,12H,10H2,(H,20,21). The molecule has 3 nitrogen and oxygen atoms in total. The van der Waals surface area contributed by atoms with Crippen molar-refractivity contribution in [2.45, 2.75) is 12.1 Å². The molecule has 0 saturated heterocycles. The van der Waals surface area contributed by atoms with Crippen LogP contribution in [0.25, 0.3) is 0 Å². The van der Waals surface area contributed by atoms with Gasteiger partial charge >= 0.3 is 12.1 Å². The highest BCUT2D eigenvalue weighted by Crippen LogP contribution is 2.36. The molecule has 116 valence electrons. The summed E-state index contributed by atoms with van der Waals surface area (Å²) in [6.45, 7) is -0.383. The summed E-state index contributed by atoms with van der Waals surface area (Å²) in [6.07, 6.45) is -4.55. The van der Waals surface area contributed by atoms with E-state index >= 15 is 0 Å². The number of aliphatic carboxylic acids is 1. The largest absolute Gasteiger partial charge is 0.492 e. The lowest BCUT2D eigenvalue weighted by Gasteiger charge is -2.17. The molecule has 2 aromatic carbocycles. The van der Waals surface area contributed by atoms with Crippen LogP contribution < -0.4 is 4.74 Å². The number of halogens is 3. The smallest absolute Gasteiger partial charge is 0.419 e. The maximum atomic E-state index is 12.9. The predicted octanol–water partition coefficient (Wildman–Crippen LogP) is 3.95. The third kappa shape index (κ3) is 3.78. The van der Waals surface area contributed by atoms with Crippen molar-refractivity contribution in [3.63, 3.8) is 0 Å². The van der Waals surface area contributed by atoms with Crippen LogP contribution in [0.2, 0.25) is 0 Å². The molecule has 0 fully saturated rings. The van der Waals surface area contributed by atoms with Crippen molar-refractivity contribution < 1.29 is 27.8 Å². The van der Waals surface area contributed by atoms with Crippen LogP contribution in [0.4, 0.5) is 13.2 Å². The van der Waals surface area contributed by atoms with E-state index in [2.05, 4.69) is 0 Å². The third-order valence-corrected chi connectivity index (χ3v) is 3.10. The number of benzene rings is 2. The van der Waals surface area contributed by atoms with Crippen molar-refractivity contribution in [2.24, 2.45) is 0 Å². The van der Waals surface area contributed by atoms with Gasteiger partial charge in [0.15, 0.2) is 0 Å². The fraction of sp³-hybridized carbons (Fsp3) is 0.188. The summed E-state index contributed by atoms with van der Waals surface area (Å²) in [5.74, 6) is -2.57. The Balaban J connectivity index is 2.20. The molecule has 1 atom stereocenters. The lowest BCUT2D eigenvalue weighted by molar-refractivity contribution is -0.140. The Hall–Kier alpha value is -2.50. The molecule has 1 unspecified atom stereocenters. The maximum Gasteiger partial charge on any atom is 0.419 e. The van der Waals surface area contributed by atoms with Gasteiger partial charge in [-0.3, -0.25) is 4.79 Å². The monoisotopic (exact) mass is 310 g/mol. The molecule has 0 aliphatic carbocycles. The first-order valence-corrected chi connectivity index (χ1v) is 6.46. The Bertz CT molecular complexity index is 639. The lowest BCUT2D eigenvalue weighted by Crippen LogP contribution is -2.20. The summed E-state index contributed by atoms with van der Waals surface area (Å²) in [5, 5.41) is 9.23. The van der Waals surface area contributed by atoms with E-state index < -0.39 is 23.6 Å². The van der Waals surface area contributed by atoms with Crippen molar-refractivity contribution in [1.29, 1.82) is 0 Å². The summed E-state index contributed by atoms with van der Waals surface area (Å²) < 4.78 is 43.7. The number of para-hydroxylation sites is 1. The van der Waals surface area contributed by atoms with Crippen LogP contribution >= 0.6 is 0 Å². The molecular formula is C16H13F3O3. The number of hydrogen-bond donors (Lipinski definition) is 1. The number of hydrogen-bond acceptors (Lipinski definition) is 2. The highest BCUT2D eigenvalue weighted by Gasteiger charge is 2.34. The van der Waals surface area contributed by atoms with Gasteiger partial charge in [0.05, 0.1) is 5.56 Å². The highest BCUT2D eigenvalue weighted by atomic mass is 19.4. The number of rotatable bonds is 5. The van der Waals surface area contributed by atoms with Gasteiger partial charge in [0, 0.05) is 0 Å². The zero-order valence-corrected chi connectivity index (χ0v) is 11.4. The Morgan fingerprint density at radius 1 is 1.05 bits per heavy atom. The lowest BCUT2D eigenvalue weighted by atomic mass is 10.0. The number of alkyl halides is 3. The van der Waals surface area contributed by atoms with Crippen LogP contribution in [-0.4, -0.2) is 17.7 Å². The minimum atomic E-state index is -4.55. The minimum Gasteiger partial charge on any atom is -0.492 e. The van der Waals surface area contributed by atoms with Gasteiger partial charge < -0.3 is 9.84 Å². The number of carbonyl (C=O) groups is 1. The first-order valence-electron chi connectivity index (χ1n) is 6.46. The first-order chi connectivity index (χ1) is 10.4. The first kappa shape index (κ1) is 15.9. The fourth-order valence-corrected chi connectivity index (χ4v) is 2.00. The van der Waals surface area contributed by atoms with E-state index in [0.29, 0.717) is 5.56 Å². The van der Waals surface area contributed by atoms with Crippen LogP contribution in [0.5, 0.6) is 5.75 Å². The van der Waals surface area contributed by atoms with E-state index in [1.54, 1.807) is 30.3 Å². The van der Waals surface area contributed by atoms with Gasteiger partial charge in [0.2, 0.25) is 0 Å². The molecule has 2 aromatic rings. The molecular weight excluding hydrogens is 297 g/mol. The van der Waals surface area contributed by atoms with Gasteiger partial charge in [-0.2, -0.15) is 13.2 Å². The summed E-state index contributed by atoms with van der Waals surface area (Å²) in [6, 6.07) is 13.0. The van der Waals surface area contributed by atoms with Crippen LogP contribution in [0, 0.1) is 0 Å². The maximum absolute atomic E-state index is 12.9. The van der Waals surface area contributed by atoms with Gasteiger partial charge in [-0.05, 0) is 17.7 Å². The van der Waals surface area contributed by atoms with Crippen LogP contribution in [-0.2, 0) is 11.0 Å². The molecule has 22 heavy (non-hydrogen) atoms. The highest BCUT2D eigenvalue weighted by molar-refractivity contribution is 5.76. The Morgan fingerprint density at radius 2 is 1.64 bits per heavy atom. The van der Waals surface area contributed by atoms with E-state index in [4.69, 9.17) is 4.74 Å². The molecule has 6 heteroatoms. The summed E-state index contributed by atoms with van der Waals surface area (Å²) in [5.41, 5.74) is -0.452. The van der Waals surface area contributed by atoms with Crippen molar-refractivity contribution in [3.05, 3.63) is 65.7 Å². The minimum absolute atomic E-state index is 0.378. The van der Waals surface area contributed by atoms with E-state index in [9.17, 15) is 23.1 Å². The number of carboxylic acids is 1. The second kappa shape index (κ2) is 6.51. The summed E-state index contributed by atoms with van der Waals surface area (Å²) in [7, 11) is 0. The molecule has 0 heterocycles. The molecule has 1 N–H and O–H groups in total. The van der Waals surface area contributed by atoms with E-state index in [1.807, 2.05) is 0 Å². The van der Waals surface area contributed by atoms with E-state index in [-0.39, 0.29) is 12.4 Å². The van der Waals surface area contributed by atoms with Gasteiger partial charge in [-0.1, -0.05) is 42.5 Å². The summed E-state index contributed by atoms with van der Waals surface area (Å²) >= 11 is 0.